The van der Waals surface area contributed by atoms with Gasteiger partial charge in [0, 0.05) is 25.8 Å². The predicted octanol–water partition coefficient (Wildman–Crippen LogP) is 0.554. The van der Waals surface area contributed by atoms with Crippen molar-refractivity contribution in [2.75, 3.05) is 31.1 Å². The van der Waals surface area contributed by atoms with Gasteiger partial charge in [-0.15, -0.1) is 0 Å². The van der Waals surface area contributed by atoms with E-state index in [4.69, 9.17) is 10.5 Å². The van der Waals surface area contributed by atoms with E-state index < -0.39 is 0 Å². The molecule has 1 fully saturated rings. The quantitative estimate of drug-likeness (QED) is 0.769. The lowest BCUT2D eigenvalue weighted by atomic mass is 10.2. The number of pyridine rings is 1. The molecule has 1 atom stereocenters. The van der Waals surface area contributed by atoms with E-state index in [1.54, 1.807) is 0 Å². The summed E-state index contributed by atoms with van der Waals surface area (Å²) in [6.07, 6.45) is 1.98. The van der Waals surface area contributed by atoms with Gasteiger partial charge in [-0.3, -0.25) is 0 Å². The third-order valence-corrected chi connectivity index (χ3v) is 2.63. The van der Waals surface area contributed by atoms with Gasteiger partial charge in [-0.05, 0) is 24.6 Å². The molecule has 15 heavy (non-hydrogen) atoms. The lowest BCUT2D eigenvalue weighted by Gasteiger charge is -2.33. The van der Waals surface area contributed by atoms with Gasteiger partial charge in [-0.1, -0.05) is 0 Å². The number of nitrogens with zero attached hydrogens (tertiary/aromatic N) is 2. The summed E-state index contributed by atoms with van der Waals surface area (Å²) in [5.41, 5.74) is 6.83. The van der Waals surface area contributed by atoms with E-state index in [0.717, 1.165) is 25.5 Å². The second-order valence-electron chi connectivity index (χ2n) is 3.87. The van der Waals surface area contributed by atoms with Crippen LogP contribution in [0.3, 0.4) is 0 Å². The number of morpholine rings is 1. The number of ether oxygens (including phenoxy) is 1. The lowest BCUT2D eigenvalue weighted by Crippen LogP contribution is -2.46. The van der Waals surface area contributed by atoms with Crippen molar-refractivity contribution in [2.45, 2.75) is 13.0 Å². The molecule has 0 bridgehead atoms. The van der Waals surface area contributed by atoms with Gasteiger partial charge in [0.25, 0.3) is 0 Å². The van der Waals surface area contributed by atoms with Crippen LogP contribution in [0.15, 0.2) is 18.3 Å². The molecule has 2 heterocycles. The Labute approximate surface area is 90.0 Å². The van der Waals surface area contributed by atoms with Crippen molar-refractivity contribution < 1.29 is 4.74 Å². The van der Waals surface area contributed by atoms with E-state index >= 15 is 0 Å². The molecule has 0 saturated carbocycles. The number of aryl methyl sites for hydroxylation is 1. The maximum Gasteiger partial charge on any atom is 0.128 e. The minimum Gasteiger partial charge on any atom is -0.373 e. The van der Waals surface area contributed by atoms with Crippen molar-refractivity contribution in [1.29, 1.82) is 0 Å². The van der Waals surface area contributed by atoms with Gasteiger partial charge in [0.2, 0.25) is 0 Å². The predicted molar refractivity (Wildman–Crippen MR) is 60.0 cm³/mol. The Morgan fingerprint density at radius 3 is 3.27 bits per heavy atom. The number of aromatic nitrogens is 1. The first-order valence-electron chi connectivity index (χ1n) is 5.29. The number of hydrogen-bond donors (Lipinski definition) is 1. The van der Waals surface area contributed by atoms with Crippen LogP contribution in [0.5, 0.6) is 0 Å². The number of nitrogens with two attached hydrogens (primary N) is 1. The molecule has 1 aromatic heterocycles. The highest BCUT2D eigenvalue weighted by atomic mass is 16.5. The van der Waals surface area contributed by atoms with Crippen molar-refractivity contribution in [3.8, 4) is 0 Å². The molecule has 1 aromatic rings. The van der Waals surface area contributed by atoms with E-state index in [2.05, 4.69) is 22.9 Å². The van der Waals surface area contributed by atoms with Gasteiger partial charge in [0.15, 0.2) is 0 Å². The number of anilines is 1. The van der Waals surface area contributed by atoms with Crippen molar-refractivity contribution in [3.05, 3.63) is 23.9 Å². The molecule has 1 aliphatic heterocycles. The van der Waals surface area contributed by atoms with Gasteiger partial charge in [0.1, 0.15) is 5.82 Å². The molecule has 1 saturated heterocycles. The van der Waals surface area contributed by atoms with Crippen molar-refractivity contribution in [1.82, 2.24) is 4.98 Å². The first kappa shape index (κ1) is 10.4. The van der Waals surface area contributed by atoms with Crippen LogP contribution in [0.4, 0.5) is 5.82 Å². The Bertz CT molecular complexity index is 329. The fourth-order valence-electron chi connectivity index (χ4n) is 1.76. The van der Waals surface area contributed by atoms with Gasteiger partial charge < -0.3 is 15.4 Å². The highest BCUT2D eigenvalue weighted by molar-refractivity contribution is 5.41. The monoisotopic (exact) mass is 207 g/mol. The van der Waals surface area contributed by atoms with Crippen LogP contribution in [0.25, 0.3) is 0 Å². The van der Waals surface area contributed by atoms with Gasteiger partial charge in [-0.2, -0.15) is 0 Å². The Balaban J connectivity index is 2.09. The molecule has 2 rings (SSSR count). The highest BCUT2D eigenvalue weighted by Gasteiger charge is 2.19. The molecule has 1 unspecified atom stereocenters. The Hall–Kier alpha value is -1.13. The van der Waals surface area contributed by atoms with E-state index in [-0.39, 0.29) is 6.10 Å². The minimum atomic E-state index is 0.140. The molecular weight excluding hydrogens is 190 g/mol. The first-order valence-corrected chi connectivity index (χ1v) is 5.29. The summed E-state index contributed by atoms with van der Waals surface area (Å²) in [6, 6.07) is 4.10. The molecule has 82 valence electrons. The van der Waals surface area contributed by atoms with Crippen LogP contribution in [0.1, 0.15) is 5.56 Å². The minimum absolute atomic E-state index is 0.140. The molecule has 0 amide bonds. The van der Waals surface area contributed by atoms with Gasteiger partial charge in [-0.25, -0.2) is 4.98 Å². The molecule has 0 aliphatic carbocycles. The second-order valence-corrected chi connectivity index (χ2v) is 3.87. The largest absolute Gasteiger partial charge is 0.373 e. The van der Waals surface area contributed by atoms with Crippen molar-refractivity contribution in [2.24, 2.45) is 5.73 Å². The molecule has 0 aromatic carbocycles. The number of rotatable bonds is 2. The van der Waals surface area contributed by atoms with Crippen LogP contribution in [0, 0.1) is 6.92 Å². The van der Waals surface area contributed by atoms with Crippen LogP contribution in [-0.4, -0.2) is 37.3 Å². The van der Waals surface area contributed by atoms with Crippen LogP contribution in [-0.2, 0) is 4.74 Å². The summed E-state index contributed by atoms with van der Waals surface area (Å²) < 4.78 is 5.51. The summed E-state index contributed by atoms with van der Waals surface area (Å²) in [5, 5.41) is 0. The summed E-state index contributed by atoms with van der Waals surface area (Å²) in [6.45, 7) is 5.12. The maximum atomic E-state index is 5.60. The topological polar surface area (TPSA) is 51.4 Å². The third-order valence-electron chi connectivity index (χ3n) is 2.63. The first-order chi connectivity index (χ1) is 7.29. The third kappa shape index (κ3) is 2.46. The molecule has 0 spiro atoms. The second kappa shape index (κ2) is 4.59. The standard InChI is InChI=1S/C11H17N3O/c1-9-2-3-13-11(6-9)14-4-5-15-10(7-12)8-14/h2-3,6,10H,4-5,7-8,12H2,1H3. The fourth-order valence-corrected chi connectivity index (χ4v) is 1.76. The van der Waals surface area contributed by atoms with Gasteiger partial charge >= 0.3 is 0 Å². The van der Waals surface area contributed by atoms with E-state index in [1.807, 2.05) is 12.3 Å². The van der Waals surface area contributed by atoms with Gasteiger partial charge in [0.05, 0.1) is 12.7 Å². The molecular formula is C11H17N3O. The summed E-state index contributed by atoms with van der Waals surface area (Å²) in [4.78, 5) is 6.59. The molecule has 0 radical (unpaired) electrons. The Kier molecular flexibility index (Phi) is 3.18. The highest BCUT2D eigenvalue weighted by Crippen LogP contribution is 2.15. The van der Waals surface area contributed by atoms with E-state index in [1.165, 1.54) is 5.56 Å². The number of hydrogen-bond acceptors (Lipinski definition) is 4. The maximum absolute atomic E-state index is 5.60. The average Bonchev–Trinajstić information content (AvgIpc) is 2.29. The van der Waals surface area contributed by atoms with Crippen LogP contribution >= 0.6 is 0 Å². The van der Waals surface area contributed by atoms with Crippen molar-refractivity contribution >= 4 is 5.82 Å². The zero-order chi connectivity index (χ0) is 10.7. The summed E-state index contributed by atoms with van der Waals surface area (Å²) >= 11 is 0. The SMILES string of the molecule is Cc1ccnc(N2CCOC(CN)C2)c1. The Morgan fingerprint density at radius 1 is 1.67 bits per heavy atom. The summed E-state index contributed by atoms with van der Waals surface area (Å²) in [7, 11) is 0. The average molecular weight is 207 g/mol. The van der Waals surface area contributed by atoms with Crippen molar-refractivity contribution in [3.63, 3.8) is 0 Å². The smallest absolute Gasteiger partial charge is 0.128 e. The van der Waals surface area contributed by atoms with E-state index in [9.17, 15) is 0 Å². The van der Waals surface area contributed by atoms with E-state index in [0.29, 0.717) is 6.54 Å². The zero-order valence-corrected chi connectivity index (χ0v) is 9.02. The van der Waals surface area contributed by atoms with Crippen LogP contribution < -0.4 is 10.6 Å². The molecule has 4 nitrogen and oxygen atoms in total. The fraction of sp³-hybridized carbons (Fsp3) is 0.545. The Morgan fingerprint density at radius 2 is 2.53 bits per heavy atom. The molecule has 1 aliphatic rings. The van der Waals surface area contributed by atoms with Crippen LogP contribution in [0.2, 0.25) is 0 Å². The lowest BCUT2D eigenvalue weighted by molar-refractivity contribution is 0.0463. The molecule has 4 heteroatoms. The normalized spacial score (nSPS) is 21.7. The molecule has 2 N–H and O–H groups in total. The summed E-state index contributed by atoms with van der Waals surface area (Å²) in [5.74, 6) is 1.02. The zero-order valence-electron chi connectivity index (χ0n) is 9.02.